The SMILES string of the molecule is CC(CC(C)(C)CI)B(I)CCI. The summed E-state index contributed by atoms with van der Waals surface area (Å²) in [5, 5.41) is 0. The van der Waals surface area contributed by atoms with Gasteiger partial charge in [0.15, 0.2) is 0 Å². The predicted octanol–water partition coefficient (Wildman–Crippen LogP) is 5.09. The molecule has 0 rings (SSSR count). The van der Waals surface area contributed by atoms with Crippen LogP contribution >= 0.6 is 67.6 Å². The van der Waals surface area contributed by atoms with Gasteiger partial charge in [0, 0.05) is 4.43 Å². The van der Waals surface area contributed by atoms with Gasteiger partial charge in [0.2, 0.25) is 4.57 Å². The van der Waals surface area contributed by atoms with Crippen LogP contribution in [0.5, 0.6) is 0 Å². The van der Waals surface area contributed by atoms with Crippen molar-refractivity contribution in [1.29, 1.82) is 0 Å². The number of rotatable bonds is 6. The van der Waals surface area contributed by atoms with Gasteiger partial charge in [-0.3, -0.25) is 0 Å². The van der Waals surface area contributed by atoms with Crippen LogP contribution in [0.1, 0.15) is 27.2 Å². The molecule has 0 aliphatic heterocycles. The van der Waals surface area contributed by atoms with Crippen molar-refractivity contribution in [3.8, 4) is 0 Å². The second kappa shape index (κ2) is 7.52. The Kier molecular flexibility index (Phi) is 8.82. The van der Waals surface area contributed by atoms with E-state index in [1.807, 2.05) is 0 Å². The molecule has 13 heavy (non-hydrogen) atoms. The van der Waals surface area contributed by atoms with Gasteiger partial charge < -0.3 is 0 Å². The number of alkyl halides is 2. The van der Waals surface area contributed by atoms with E-state index in [1.54, 1.807) is 0 Å². The molecular formula is C9H18BI3. The third kappa shape index (κ3) is 7.19. The Balaban J connectivity index is 3.91. The fourth-order valence-electron chi connectivity index (χ4n) is 1.44. The summed E-state index contributed by atoms with van der Waals surface area (Å²) in [5.74, 6) is 0.861. The molecule has 0 N–H and O–H groups in total. The summed E-state index contributed by atoms with van der Waals surface area (Å²) in [7, 11) is 0. The van der Waals surface area contributed by atoms with Crippen molar-refractivity contribution >= 4 is 72.1 Å². The zero-order valence-electron chi connectivity index (χ0n) is 8.62. The molecule has 1 unspecified atom stereocenters. The van der Waals surface area contributed by atoms with Crippen molar-refractivity contribution < 1.29 is 0 Å². The molecule has 0 fully saturated rings. The zero-order chi connectivity index (χ0) is 10.5. The molecule has 0 spiro atoms. The largest absolute Gasteiger partial charge is 0.221 e. The summed E-state index contributed by atoms with van der Waals surface area (Å²) in [6.07, 6.45) is 2.72. The van der Waals surface area contributed by atoms with Crippen LogP contribution in [0.3, 0.4) is 0 Å². The van der Waals surface area contributed by atoms with Gasteiger partial charge in [-0.2, -0.15) is 0 Å². The summed E-state index contributed by atoms with van der Waals surface area (Å²) in [4.78, 5) is 0. The number of hydrogen-bond acceptors (Lipinski definition) is 0. The highest BCUT2D eigenvalue weighted by Gasteiger charge is 2.25. The molecule has 0 aromatic heterocycles. The van der Waals surface area contributed by atoms with E-state index in [0.29, 0.717) is 5.41 Å². The van der Waals surface area contributed by atoms with Gasteiger partial charge in [0.05, 0.1) is 0 Å². The van der Waals surface area contributed by atoms with Gasteiger partial charge in [-0.05, 0) is 9.84 Å². The lowest BCUT2D eigenvalue weighted by molar-refractivity contribution is 0.388. The molecular weight excluding hydrogens is 500 g/mol. The summed E-state index contributed by atoms with van der Waals surface area (Å²) in [6, 6.07) is 0. The minimum Gasteiger partial charge on any atom is -0.149 e. The zero-order valence-corrected chi connectivity index (χ0v) is 15.1. The summed E-state index contributed by atoms with van der Waals surface area (Å²) in [5.41, 5.74) is 0.522. The van der Waals surface area contributed by atoms with E-state index >= 15 is 0 Å². The maximum absolute atomic E-state index is 2.62. The van der Waals surface area contributed by atoms with Crippen LogP contribution in [-0.4, -0.2) is 13.4 Å². The molecule has 0 radical (unpaired) electrons. The van der Waals surface area contributed by atoms with Gasteiger partial charge in [-0.15, -0.1) is 22.4 Å². The van der Waals surface area contributed by atoms with Gasteiger partial charge in [-0.1, -0.05) is 84.5 Å². The first-order chi connectivity index (χ1) is 5.93. The van der Waals surface area contributed by atoms with Crippen molar-refractivity contribution in [1.82, 2.24) is 0 Å². The van der Waals surface area contributed by atoms with Crippen molar-refractivity contribution in [3.63, 3.8) is 0 Å². The Hall–Kier alpha value is 2.25. The minimum atomic E-state index is 0.522. The highest BCUT2D eigenvalue weighted by atomic mass is 127. The van der Waals surface area contributed by atoms with Crippen LogP contribution in [0.25, 0.3) is 0 Å². The Morgan fingerprint density at radius 1 is 1.31 bits per heavy atom. The molecule has 4 heteroatoms. The molecule has 0 bridgehead atoms. The highest BCUT2D eigenvalue weighted by molar-refractivity contribution is 14.1. The average Bonchev–Trinajstić information content (AvgIpc) is 2.04. The molecule has 0 amide bonds. The van der Waals surface area contributed by atoms with E-state index in [1.165, 1.54) is 21.6 Å². The lowest BCUT2D eigenvalue weighted by Crippen LogP contribution is -2.21. The highest BCUT2D eigenvalue weighted by Crippen LogP contribution is 2.34. The minimum absolute atomic E-state index is 0.522. The third-order valence-electron chi connectivity index (χ3n) is 2.24. The van der Waals surface area contributed by atoms with E-state index in [-0.39, 0.29) is 0 Å². The average molecular weight is 518 g/mol. The molecule has 78 valence electrons. The molecule has 0 aromatic carbocycles. The van der Waals surface area contributed by atoms with Crippen LogP contribution in [0, 0.1) is 5.41 Å². The lowest BCUT2D eigenvalue weighted by Gasteiger charge is -2.27. The lowest BCUT2D eigenvalue weighted by atomic mass is 9.59. The number of hydrogen-bond donors (Lipinski definition) is 0. The second-order valence-electron chi connectivity index (χ2n) is 4.47. The number of halogens is 3. The van der Waals surface area contributed by atoms with Crippen LogP contribution in [0.2, 0.25) is 12.1 Å². The first-order valence-corrected chi connectivity index (χ1v) is 8.98. The first kappa shape index (κ1) is 15.3. The van der Waals surface area contributed by atoms with Gasteiger partial charge in [0.1, 0.15) is 0 Å². The standard InChI is InChI=1S/C9H18BI3/c1-8(10(13)4-5-11)6-9(2,3)7-12/h8H,4-7H2,1-3H3. The summed E-state index contributed by atoms with van der Waals surface area (Å²) >= 11 is 7.60. The van der Waals surface area contributed by atoms with Crippen LogP contribution in [0.15, 0.2) is 0 Å². The van der Waals surface area contributed by atoms with Crippen LogP contribution in [0.4, 0.5) is 0 Å². The quantitative estimate of drug-likeness (QED) is 0.262. The van der Waals surface area contributed by atoms with Gasteiger partial charge in [-0.25, -0.2) is 0 Å². The monoisotopic (exact) mass is 518 g/mol. The van der Waals surface area contributed by atoms with E-state index in [0.717, 1.165) is 10.4 Å². The third-order valence-corrected chi connectivity index (χ3v) is 6.78. The topological polar surface area (TPSA) is 0 Å². The van der Waals surface area contributed by atoms with E-state index in [2.05, 4.69) is 88.3 Å². The van der Waals surface area contributed by atoms with Crippen LogP contribution in [-0.2, 0) is 0 Å². The molecule has 1 atom stereocenters. The molecule has 0 heterocycles. The Labute approximate surface area is 124 Å². The fourth-order valence-corrected chi connectivity index (χ4v) is 4.18. The van der Waals surface area contributed by atoms with Gasteiger partial charge >= 0.3 is 0 Å². The summed E-state index contributed by atoms with van der Waals surface area (Å²) < 4.78 is 3.42. The Bertz CT molecular complexity index is 139. The Morgan fingerprint density at radius 3 is 2.23 bits per heavy atom. The Morgan fingerprint density at radius 2 is 1.85 bits per heavy atom. The maximum atomic E-state index is 2.62. The van der Waals surface area contributed by atoms with Crippen molar-refractivity contribution in [2.24, 2.45) is 5.41 Å². The van der Waals surface area contributed by atoms with Crippen molar-refractivity contribution in [2.75, 3.05) is 8.86 Å². The fraction of sp³-hybridized carbons (Fsp3) is 1.00. The van der Waals surface area contributed by atoms with E-state index < -0.39 is 0 Å². The molecule has 0 aromatic rings. The normalized spacial score (nSPS) is 14.3. The molecule has 0 saturated carbocycles. The van der Waals surface area contributed by atoms with Crippen molar-refractivity contribution in [3.05, 3.63) is 0 Å². The van der Waals surface area contributed by atoms with Gasteiger partial charge in [0.25, 0.3) is 0 Å². The van der Waals surface area contributed by atoms with Crippen LogP contribution < -0.4 is 0 Å². The molecule has 0 saturated heterocycles. The molecule has 0 nitrogen and oxygen atoms in total. The van der Waals surface area contributed by atoms with E-state index in [4.69, 9.17) is 0 Å². The maximum Gasteiger partial charge on any atom is 0.221 e. The second-order valence-corrected chi connectivity index (χ2v) is 7.91. The first-order valence-electron chi connectivity index (χ1n) is 4.69. The predicted molar refractivity (Wildman–Crippen MR) is 90.2 cm³/mol. The van der Waals surface area contributed by atoms with E-state index in [9.17, 15) is 0 Å². The van der Waals surface area contributed by atoms with Crippen molar-refractivity contribution in [2.45, 2.75) is 39.3 Å². The summed E-state index contributed by atoms with van der Waals surface area (Å²) in [6.45, 7) is 7.16. The smallest absolute Gasteiger partial charge is 0.149 e. The molecule has 0 aliphatic carbocycles. The molecule has 0 aliphatic rings.